The van der Waals surface area contributed by atoms with Gasteiger partial charge in [-0.15, -0.1) is 0 Å². The summed E-state index contributed by atoms with van der Waals surface area (Å²) >= 11 is 3.27. The van der Waals surface area contributed by atoms with Gasteiger partial charge in [0.05, 0.1) is 4.47 Å². The topological polar surface area (TPSA) is 12.0 Å². The van der Waals surface area contributed by atoms with Crippen LogP contribution in [0.5, 0.6) is 0 Å². The number of hydrogen-bond donors (Lipinski definition) is 1. The van der Waals surface area contributed by atoms with Crippen molar-refractivity contribution in [1.82, 2.24) is 5.32 Å². The molecule has 1 aromatic rings. The number of rotatable bonds is 3. The van der Waals surface area contributed by atoms with Gasteiger partial charge in [-0.1, -0.05) is 25.0 Å². The average Bonchev–Trinajstić information content (AvgIpc) is 2.73. The van der Waals surface area contributed by atoms with Crippen LogP contribution in [0.1, 0.15) is 31.2 Å². The van der Waals surface area contributed by atoms with Gasteiger partial charge in [0.2, 0.25) is 0 Å². The highest BCUT2D eigenvalue weighted by atomic mass is 79.9. The van der Waals surface area contributed by atoms with Gasteiger partial charge in [-0.25, -0.2) is 4.39 Å². The summed E-state index contributed by atoms with van der Waals surface area (Å²) in [7, 11) is 0. The minimum absolute atomic E-state index is 0.180. The standard InChI is InChI=1S/C12H15BrFN/c13-12-9(4-3-7-11(12)14)8-15-10-5-1-2-6-10/h3-4,7,10,15H,1-2,5-6,8H2. The smallest absolute Gasteiger partial charge is 0.137 e. The lowest BCUT2D eigenvalue weighted by Crippen LogP contribution is -2.25. The van der Waals surface area contributed by atoms with Gasteiger partial charge in [0.1, 0.15) is 5.82 Å². The van der Waals surface area contributed by atoms with E-state index in [0.717, 1.165) is 12.1 Å². The lowest BCUT2D eigenvalue weighted by atomic mass is 10.2. The number of hydrogen-bond acceptors (Lipinski definition) is 1. The van der Waals surface area contributed by atoms with Crippen LogP contribution < -0.4 is 5.32 Å². The second-order valence-corrected chi connectivity index (χ2v) is 4.87. The van der Waals surface area contributed by atoms with E-state index in [1.54, 1.807) is 6.07 Å². The highest BCUT2D eigenvalue weighted by Crippen LogP contribution is 2.22. The normalized spacial score (nSPS) is 17.2. The molecule has 0 amide bonds. The maximum Gasteiger partial charge on any atom is 0.137 e. The summed E-state index contributed by atoms with van der Waals surface area (Å²) < 4.78 is 13.8. The Morgan fingerprint density at radius 1 is 1.33 bits per heavy atom. The first-order valence-electron chi connectivity index (χ1n) is 5.43. The van der Waals surface area contributed by atoms with Gasteiger partial charge in [-0.3, -0.25) is 0 Å². The van der Waals surface area contributed by atoms with E-state index in [0.29, 0.717) is 10.5 Å². The van der Waals surface area contributed by atoms with Crippen molar-refractivity contribution in [3.8, 4) is 0 Å². The fourth-order valence-electron chi connectivity index (χ4n) is 2.07. The molecule has 0 unspecified atom stereocenters. The van der Waals surface area contributed by atoms with Crippen LogP contribution in [0.4, 0.5) is 4.39 Å². The first-order valence-corrected chi connectivity index (χ1v) is 6.23. The third kappa shape index (κ3) is 2.79. The molecule has 0 saturated heterocycles. The lowest BCUT2D eigenvalue weighted by Gasteiger charge is -2.12. The summed E-state index contributed by atoms with van der Waals surface area (Å²) in [6, 6.07) is 5.81. The van der Waals surface area contributed by atoms with Crippen molar-refractivity contribution in [2.45, 2.75) is 38.3 Å². The van der Waals surface area contributed by atoms with Crippen molar-refractivity contribution >= 4 is 15.9 Å². The summed E-state index contributed by atoms with van der Waals surface area (Å²) in [6.07, 6.45) is 5.16. The minimum atomic E-state index is -0.180. The molecule has 1 aliphatic carbocycles. The molecule has 1 N–H and O–H groups in total. The van der Waals surface area contributed by atoms with Gasteiger partial charge in [0.15, 0.2) is 0 Å². The molecule has 0 heterocycles. The molecule has 1 nitrogen and oxygen atoms in total. The molecular formula is C12H15BrFN. The van der Waals surface area contributed by atoms with Crippen molar-refractivity contribution in [2.24, 2.45) is 0 Å². The molecule has 15 heavy (non-hydrogen) atoms. The SMILES string of the molecule is Fc1cccc(CNC2CCCC2)c1Br. The van der Waals surface area contributed by atoms with Crippen LogP contribution in [0, 0.1) is 5.82 Å². The molecule has 1 saturated carbocycles. The molecule has 0 spiro atoms. The van der Waals surface area contributed by atoms with Crippen LogP contribution in [0.25, 0.3) is 0 Å². The zero-order chi connectivity index (χ0) is 10.7. The molecule has 0 radical (unpaired) electrons. The Bertz CT molecular complexity index is 334. The van der Waals surface area contributed by atoms with E-state index in [-0.39, 0.29) is 5.82 Å². The fourth-order valence-corrected chi connectivity index (χ4v) is 2.47. The Hall–Kier alpha value is -0.410. The fraction of sp³-hybridized carbons (Fsp3) is 0.500. The predicted octanol–water partition coefficient (Wildman–Crippen LogP) is 3.62. The van der Waals surface area contributed by atoms with E-state index in [4.69, 9.17) is 0 Å². The molecule has 1 aromatic carbocycles. The molecule has 0 atom stereocenters. The average molecular weight is 272 g/mol. The summed E-state index contributed by atoms with van der Waals surface area (Å²) in [5, 5.41) is 3.47. The highest BCUT2D eigenvalue weighted by molar-refractivity contribution is 9.10. The van der Waals surface area contributed by atoms with Crippen molar-refractivity contribution in [2.75, 3.05) is 0 Å². The monoisotopic (exact) mass is 271 g/mol. The van der Waals surface area contributed by atoms with Crippen LogP contribution in [0.15, 0.2) is 22.7 Å². The molecule has 82 valence electrons. The summed E-state index contributed by atoms with van der Waals surface area (Å²) in [4.78, 5) is 0. The summed E-state index contributed by atoms with van der Waals surface area (Å²) in [5.74, 6) is -0.180. The highest BCUT2D eigenvalue weighted by Gasteiger charge is 2.14. The zero-order valence-electron chi connectivity index (χ0n) is 8.60. The third-order valence-corrected chi connectivity index (χ3v) is 3.86. The Morgan fingerprint density at radius 3 is 2.80 bits per heavy atom. The molecular weight excluding hydrogens is 257 g/mol. The van der Waals surface area contributed by atoms with E-state index in [2.05, 4.69) is 21.2 Å². The number of nitrogens with one attached hydrogen (secondary N) is 1. The lowest BCUT2D eigenvalue weighted by molar-refractivity contribution is 0.521. The third-order valence-electron chi connectivity index (χ3n) is 2.97. The van der Waals surface area contributed by atoms with Gasteiger partial charge in [0.25, 0.3) is 0 Å². The van der Waals surface area contributed by atoms with Gasteiger partial charge in [0, 0.05) is 12.6 Å². The largest absolute Gasteiger partial charge is 0.310 e. The molecule has 1 aliphatic rings. The number of benzene rings is 1. The molecule has 1 fully saturated rings. The maximum absolute atomic E-state index is 13.2. The van der Waals surface area contributed by atoms with Crippen molar-refractivity contribution in [1.29, 1.82) is 0 Å². The second-order valence-electron chi connectivity index (χ2n) is 4.08. The Balaban J connectivity index is 1.95. The first-order chi connectivity index (χ1) is 7.27. The van der Waals surface area contributed by atoms with Crippen LogP contribution in [-0.4, -0.2) is 6.04 Å². The zero-order valence-corrected chi connectivity index (χ0v) is 10.2. The van der Waals surface area contributed by atoms with E-state index >= 15 is 0 Å². The number of halogens is 2. The van der Waals surface area contributed by atoms with Crippen LogP contribution in [0.2, 0.25) is 0 Å². The molecule has 2 rings (SSSR count). The van der Waals surface area contributed by atoms with Crippen LogP contribution in [-0.2, 0) is 6.54 Å². The summed E-state index contributed by atoms with van der Waals surface area (Å²) in [5.41, 5.74) is 1.00. The molecule has 0 aliphatic heterocycles. The van der Waals surface area contributed by atoms with Crippen molar-refractivity contribution < 1.29 is 4.39 Å². The van der Waals surface area contributed by atoms with E-state index in [9.17, 15) is 4.39 Å². The molecule has 0 bridgehead atoms. The van der Waals surface area contributed by atoms with E-state index in [1.165, 1.54) is 31.7 Å². The van der Waals surface area contributed by atoms with Gasteiger partial charge >= 0.3 is 0 Å². The van der Waals surface area contributed by atoms with Gasteiger partial charge < -0.3 is 5.32 Å². The predicted molar refractivity (Wildman–Crippen MR) is 63.2 cm³/mol. The quantitative estimate of drug-likeness (QED) is 0.886. The second kappa shape index (κ2) is 5.08. The van der Waals surface area contributed by atoms with Gasteiger partial charge in [-0.2, -0.15) is 0 Å². The molecule has 3 heteroatoms. The Morgan fingerprint density at radius 2 is 2.07 bits per heavy atom. The van der Waals surface area contributed by atoms with Crippen molar-refractivity contribution in [3.63, 3.8) is 0 Å². The van der Waals surface area contributed by atoms with Gasteiger partial charge in [-0.05, 0) is 40.4 Å². The van der Waals surface area contributed by atoms with E-state index in [1.807, 2.05) is 6.07 Å². The van der Waals surface area contributed by atoms with Crippen LogP contribution >= 0.6 is 15.9 Å². The first kappa shape index (κ1) is 11.1. The maximum atomic E-state index is 13.2. The van der Waals surface area contributed by atoms with Crippen LogP contribution in [0.3, 0.4) is 0 Å². The Kier molecular flexibility index (Phi) is 3.76. The summed E-state index contributed by atoms with van der Waals surface area (Å²) in [6.45, 7) is 0.753. The van der Waals surface area contributed by atoms with E-state index < -0.39 is 0 Å². The van der Waals surface area contributed by atoms with Crippen molar-refractivity contribution in [3.05, 3.63) is 34.1 Å². The molecule has 0 aromatic heterocycles. The minimum Gasteiger partial charge on any atom is -0.310 e. The Labute approximate surface area is 98.2 Å².